The van der Waals surface area contributed by atoms with Gasteiger partial charge >= 0.3 is 6.18 Å². The van der Waals surface area contributed by atoms with Crippen molar-refractivity contribution in [2.24, 2.45) is 0 Å². The zero-order valence-corrected chi connectivity index (χ0v) is 12.5. The molecule has 1 aliphatic rings. The van der Waals surface area contributed by atoms with Crippen molar-refractivity contribution >= 4 is 0 Å². The number of hydrogen-bond acceptors (Lipinski definition) is 3. The lowest BCUT2D eigenvalue weighted by Gasteiger charge is -2.31. The molecule has 0 heterocycles. The van der Waals surface area contributed by atoms with Gasteiger partial charge in [0.05, 0.1) is 13.7 Å². The van der Waals surface area contributed by atoms with E-state index in [0.717, 1.165) is 16.9 Å². The molecule has 0 saturated carbocycles. The van der Waals surface area contributed by atoms with Crippen LogP contribution in [0.1, 0.15) is 24.1 Å². The second kappa shape index (κ2) is 6.23. The number of nitrogens with one attached hydrogen (secondary N) is 1. The van der Waals surface area contributed by atoms with Gasteiger partial charge in [0, 0.05) is 12.1 Å². The van der Waals surface area contributed by atoms with Crippen LogP contribution in [0.3, 0.4) is 0 Å². The Morgan fingerprint density at radius 2 is 2.10 bits per heavy atom. The van der Waals surface area contributed by atoms with Crippen LogP contribution in [0.4, 0.5) is 13.2 Å². The molecule has 21 heavy (non-hydrogen) atoms. The van der Waals surface area contributed by atoms with Crippen LogP contribution in [-0.2, 0) is 6.42 Å². The SMILES string of the molecule is CCNC1c2cc(OC)ccc2CC1N(C)CC(F)(F)F. The highest BCUT2D eigenvalue weighted by Gasteiger charge is 2.39. The number of benzene rings is 1. The van der Waals surface area contributed by atoms with E-state index in [1.165, 1.54) is 11.9 Å². The molecule has 118 valence electrons. The van der Waals surface area contributed by atoms with E-state index in [9.17, 15) is 13.2 Å². The van der Waals surface area contributed by atoms with Crippen molar-refractivity contribution in [2.45, 2.75) is 31.6 Å². The van der Waals surface area contributed by atoms with Gasteiger partial charge in [0.2, 0.25) is 0 Å². The zero-order chi connectivity index (χ0) is 15.6. The van der Waals surface area contributed by atoms with E-state index < -0.39 is 12.7 Å². The lowest BCUT2D eigenvalue weighted by molar-refractivity contribution is -0.148. The van der Waals surface area contributed by atoms with Crippen LogP contribution in [0, 0.1) is 0 Å². The smallest absolute Gasteiger partial charge is 0.401 e. The van der Waals surface area contributed by atoms with Crippen molar-refractivity contribution < 1.29 is 17.9 Å². The Morgan fingerprint density at radius 1 is 1.38 bits per heavy atom. The van der Waals surface area contributed by atoms with Gasteiger partial charge in [-0.2, -0.15) is 13.2 Å². The average Bonchev–Trinajstić information content (AvgIpc) is 2.75. The molecule has 1 aromatic carbocycles. The maximum atomic E-state index is 12.6. The number of nitrogens with zero attached hydrogens (tertiary/aromatic N) is 1. The van der Waals surface area contributed by atoms with Crippen LogP contribution in [0.15, 0.2) is 18.2 Å². The van der Waals surface area contributed by atoms with Crippen molar-refractivity contribution in [1.29, 1.82) is 0 Å². The Labute approximate surface area is 123 Å². The molecule has 0 radical (unpaired) electrons. The molecule has 0 aliphatic heterocycles. The summed E-state index contributed by atoms with van der Waals surface area (Å²) < 4.78 is 43.1. The molecular weight excluding hydrogens is 281 g/mol. The number of alkyl halides is 3. The number of methoxy groups -OCH3 is 1. The molecule has 1 aromatic rings. The third-order valence-corrected chi connectivity index (χ3v) is 3.92. The van der Waals surface area contributed by atoms with E-state index in [2.05, 4.69) is 5.32 Å². The summed E-state index contributed by atoms with van der Waals surface area (Å²) in [6.07, 6.45) is -3.57. The average molecular weight is 302 g/mol. The fourth-order valence-electron chi connectivity index (χ4n) is 3.00. The molecule has 6 heteroatoms. The zero-order valence-electron chi connectivity index (χ0n) is 12.5. The quantitative estimate of drug-likeness (QED) is 0.905. The van der Waals surface area contributed by atoms with Gasteiger partial charge in [0.15, 0.2) is 0 Å². The fourth-order valence-corrected chi connectivity index (χ4v) is 3.00. The molecule has 0 saturated heterocycles. The standard InChI is InChI=1S/C15H21F3N2O/c1-4-19-14-12-8-11(21-3)6-5-10(12)7-13(14)20(2)9-15(16,17)18/h5-6,8,13-14,19H,4,7,9H2,1-3H3. The first-order chi connectivity index (χ1) is 9.85. The van der Waals surface area contributed by atoms with Gasteiger partial charge in [-0.15, -0.1) is 0 Å². The van der Waals surface area contributed by atoms with Gasteiger partial charge < -0.3 is 10.1 Å². The van der Waals surface area contributed by atoms with E-state index in [0.29, 0.717) is 13.0 Å². The topological polar surface area (TPSA) is 24.5 Å². The van der Waals surface area contributed by atoms with Gasteiger partial charge in [-0.05, 0) is 43.3 Å². The molecular formula is C15H21F3N2O. The summed E-state index contributed by atoms with van der Waals surface area (Å²) in [4.78, 5) is 1.39. The molecule has 0 spiro atoms. The van der Waals surface area contributed by atoms with E-state index in [4.69, 9.17) is 4.74 Å². The number of hydrogen-bond donors (Lipinski definition) is 1. The van der Waals surface area contributed by atoms with Crippen molar-refractivity contribution in [1.82, 2.24) is 10.2 Å². The Balaban J connectivity index is 2.24. The van der Waals surface area contributed by atoms with Gasteiger partial charge in [0.1, 0.15) is 5.75 Å². The highest BCUT2D eigenvalue weighted by molar-refractivity contribution is 5.42. The number of rotatable bonds is 5. The van der Waals surface area contributed by atoms with Crippen LogP contribution < -0.4 is 10.1 Å². The van der Waals surface area contributed by atoms with E-state index in [1.807, 2.05) is 25.1 Å². The first-order valence-corrected chi connectivity index (χ1v) is 7.03. The minimum Gasteiger partial charge on any atom is -0.497 e. The van der Waals surface area contributed by atoms with Crippen molar-refractivity contribution in [3.05, 3.63) is 29.3 Å². The Kier molecular flexibility index (Phi) is 4.78. The molecule has 2 atom stereocenters. The molecule has 2 unspecified atom stereocenters. The summed E-state index contributed by atoms with van der Waals surface area (Å²) in [5, 5.41) is 3.30. The maximum absolute atomic E-state index is 12.6. The molecule has 3 nitrogen and oxygen atoms in total. The molecule has 1 aliphatic carbocycles. The van der Waals surface area contributed by atoms with Gasteiger partial charge in [-0.25, -0.2) is 0 Å². The number of fused-ring (bicyclic) bond motifs is 1. The highest BCUT2D eigenvalue weighted by atomic mass is 19.4. The Bertz CT molecular complexity index is 490. The van der Waals surface area contributed by atoms with Crippen molar-refractivity contribution in [3.63, 3.8) is 0 Å². The predicted octanol–water partition coefficient (Wildman–Crippen LogP) is 2.76. The summed E-state index contributed by atoms with van der Waals surface area (Å²) in [5.41, 5.74) is 2.12. The first-order valence-electron chi connectivity index (χ1n) is 7.03. The monoisotopic (exact) mass is 302 g/mol. The molecule has 0 aromatic heterocycles. The third kappa shape index (κ3) is 3.68. The Morgan fingerprint density at radius 3 is 2.67 bits per heavy atom. The predicted molar refractivity (Wildman–Crippen MR) is 75.6 cm³/mol. The molecule has 2 rings (SSSR count). The first kappa shape index (κ1) is 16.1. The van der Waals surface area contributed by atoms with Crippen LogP contribution in [0.25, 0.3) is 0 Å². The highest BCUT2D eigenvalue weighted by Crippen LogP contribution is 2.37. The summed E-state index contributed by atoms with van der Waals surface area (Å²) in [5.74, 6) is 0.732. The minimum absolute atomic E-state index is 0.104. The normalized spacial score (nSPS) is 21.7. The summed E-state index contributed by atoms with van der Waals surface area (Å²) >= 11 is 0. The molecule has 0 amide bonds. The second-order valence-corrected chi connectivity index (χ2v) is 5.40. The summed E-state index contributed by atoms with van der Waals surface area (Å²) in [7, 11) is 3.12. The molecule has 1 N–H and O–H groups in total. The van der Waals surface area contributed by atoms with Crippen LogP contribution in [0.5, 0.6) is 5.75 Å². The van der Waals surface area contributed by atoms with E-state index >= 15 is 0 Å². The summed E-state index contributed by atoms with van der Waals surface area (Å²) in [6, 6.07) is 5.42. The van der Waals surface area contributed by atoms with Gasteiger partial charge in [-0.1, -0.05) is 13.0 Å². The van der Waals surface area contributed by atoms with Crippen molar-refractivity contribution in [3.8, 4) is 5.75 Å². The van der Waals surface area contributed by atoms with Gasteiger partial charge in [-0.3, -0.25) is 4.90 Å². The minimum atomic E-state index is -4.18. The lowest BCUT2D eigenvalue weighted by atomic mass is 10.1. The third-order valence-electron chi connectivity index (χ3n) is 3.92. The van der Waals surface area contributed by atoms with Gasteiger partial charge in [0.25, 0.3) is 0 Å². The lowest BCUT2D eigenvalue weighted by Crippen LogP contribution is -2.44. The van der Waals surface area contributed by atoms with Crippen molar-refractivity contribution in [2.75, 3.05) is 27.2 Å². The number of halogens is 3. The van der Waals surface area contributed by atoms with Crippen LogP contribution >= 0.6 is 0 Å². The number of ether oxygens (including phenoxy) is 1. The molecule has 0 bridgehead atoms. The maximum Gasteiger partial charge on any atom is 0.401 e. The largest absolute Gasteiger partial charge is 0.497 e. The second-order valence-electron chi connectivity index (χ2n) is 5.40. The van der Waals surface area contributed by atoms with E-state index in [1.54, 1.807) is 7.11 Å². The van der Waals surface area contributed by atoms with E-state index in [-0.39, 0.29) is 12.1 Å². The summed E-state index contributed by atoms with van der Waals surface area (Å²) in [6.45, 7) is 1.77. The van der Waals surface area contributed by atoms with Crippen LogP contribution in [0.2, 0.25) is 0 Å². The Hall–Kier alpha value is -1.27. The molecule has 0 fully saturated rings. The number of likely N-dealkylation sites (N-methyl/N-ethyl adjacent to an activating group) is 2. The fraction of sp³-hybridized carbons (Fsp3) is 0.600. The van der Waals surface area contributed by atoms with Crippen LogP contribution in [-0.4, -0.2) is 44.4 Å².